The Labute approximate surface area is 263 Å². The number of rotatable bonds is 11. The van der Waals surface area contributed by atoms with Gasteiger partial charge in [0.15, 0.2) is 0 Å². The van der Waals surface area contributed by atoms with Crippen molar-refractivity contribution in [2.45, 2.75) is 58.5 Å². The van der Waals surface area contributed by atoms with Crippen molar-refractivity contribution in [1.82, 2.24) is 15.4 Å². The molecule has 0 radical (unpaired) electrons. The van der Waals surface area contributed by atoms with Crippen LogP contribution in [-0.4, -0.2) is 55.1 Å². The van der Waals surface area contributed by atoms with Gasteiger partial charge in [-0.1, -0.05) is 48.5 Å². The number of hydroxylamine groups is 1. The fourth-order valence-electron chi connectivity index (χ4n) is 4.97. The van der Waals surface area contributed by atoms with Gasteiger partial charge in [-0.15, -0.1) is 0 Å². The Morgan fingerprint density at radius 2 is 1.72 bits per heavy atom. The Kier molecular flexibility index (Phi) is 11.7. The Hall–Kier alpha value is -3.33. The molecule has 8 nitrogen and oxygen atoms in total. The van der Waals surface area contributed by atoms with Crippen molar-refractivity contribution < 1.29 is 23.9 Å². The molecule has 43 heavy (non-hydrogen) atoms. The number of hydrogen-bond donors (Lipinski definition) is 1. The lowest BCUT2D eigenvalue weighted by molar-refractivity contribution is -0.155. The number of carbonyl (C=O) groups is 2. The molecule has 0 spiro atoms. The molecule has 10 heteroatoms. The molecular formula is C33H39Cl2N3O5. The smallest absolute Gasteiger partial charge is 0.335 e. The van der Waals surface area contributed by atoms with Crippen molar-refractivity contribution in [2.24, 2.45) is 5.92 Å². The molecule has 1 aliphatic rings. The van der Waals surface area contributed by atoms with Gasteiger partial charge in [0.05, 0.1) is 29.3 Å². The quantitative estimate of drug-likeness (QED) is 0.173. The van der Waals surface area contributed by atoms with Gasteiger partial charge in [-0.05, 0) is 89.7 Å². The number of ether oxygens (including phenoxy) is 2. The zero-order chi connectivity index (χ0) is 30.9. The number of benzene rings is 2. The Balaban J connectivity index is 1.68. The van der Waals surface area contributed by atoms with E-state index in [2.05, 4.69) is 10.4 Å². The lowest BCUT2D eigenvalue weighted by Crippen LogP contribution is -2.31. The summed E-state index contributed by atoms with van der Waals surface area (Å²) in [5.74, 6) is -0.100. The number of aromatic nitrogens is 1. The second kappa shape index (κ2) is 15.4. The number of nitrogens with one attached hydrogen (secondary N) is 1. The van der Waals surface area contributed by atoms with E-state index in [9.17, 15) is 9.59 Å². The first-order valence-electron chi connectivity index (χ1n) is 14.7. The van der Waals surface area contributed by atoms with E-state index >= 15 is 0 Å². The topological polar surface area (TPSA) is 90.0 Å². The van der Waals surface area contributed by atoms with E-state index in [0.717, 1.165) is 45.1 Å². The minimum Gasteiger partial charge on any atom is -0.492 e. The second-order valence-corrected chi connectivity index (χ2v) is 12.1. The summed E-state index contributed by atoms with van der Waals surface area (Å²) < 4.78 is 11.9. The third-order valence-electron chi connectivity index (χ3n) is 7.12. The molecule has 2 aromatic carbocycles. The van der Waals surface area contributed by atoms with Gasteiger partial charge in [0.1, 0.15) is 17.2 Å². The normalized spacial score (nSPS) is 13.7. The fourth-order valence-corrected chi connectivity index (χ4v) is 5.37. The summed E-state index contributed by atoms with van der Waals surface area (Å²) in [6.45, 7) is 5.25. The van der Waals surface area contributed by atoms with Crippen LogP contribution in [0.5, 0.6) is 11.5 Å². The maximum absolute atomic E-state index is 13.1. The molecule has 1 aromatic heterocycles. The van der Waals surface area contributed by atoms with Crippen LogP contribution in [0.2, 0.25) is 10.0 Å². The van der Waals surface area contributed by atoms with Gasteiger partial charge in [0, 0.05) is 28.3 Å². The van der Waals surface area contributed by atoms with Crippen LogP contribution in [0.15, 0.2) is 48.5 Å². The van der Waals surface area contributed by atoms with Crippen LogP contribution in [0.4, 0.5) is 0 Å². The number of nitrogens with zero attached hydrogens (tertiary/aromatic N) is 2. The lowest BCUT2D eigenvalue weighted by atomic mass is 9.89. The van der Waals surface area contributed by atoms with Gasteiger partial charge < -0.3 is 19.2 Å². The first-order chi connectivity index (χ1) is 20.6. The first kappa shape index (κ1) is 32.6. The predicted molar refractivity (Wildman–Crippen MR) is 170 cm³/mol. The van der Waals surface area contributed by atoms with Gasteiger partial charge in [-0.3, -0.25) is 4.79 Å². The van der Waals surface area contributed by atoms with Crippen LogP contribution in [0.25, 0.3) is 22.4 Å². The third-order valence-corrected chi connectivity index (χ3v) is 7.76. The van der Waals surface area contributed by atoms with Crippen molar-refractivity contribution in [2.75, 3.05) is 27.2 Å². The molecule has 1 aliphatic carbocycles. The second-order valence-electron chi connectivity index (χ2n) is 11.2. The molecule has 1 N–H and O–H groups in total. The fraction of sp³-hybridized carbons (Fsp3) is 0.424. The zero-order valence-corrected chi connectivity index (χ0v) is 26.6. The molecule has 1 saturated carbocycles. The maximum Gasteiger partial charge on any atom is 0.335 e. The lowest BCUT2D eigenvalue weighted by Gasteiger charge is -2.19. The molecule has 1 amide bonds. The summed E-state index contributed by atoms with van der Waals surface area (Å²) in [6, 6.07) is 14.1. The van der Waals surface area contributed by atoms with Crippen molar-refractivity contribution >= 4 is 35.1 Å². The van der Waals surface area contributed by atoms with E-state index in [1.807, 2.05) is 46.1 Å². The predicted octanol–water partition coefficient (Wildman–Crippen LogP) is 7.61. The average Bonchev–Trinajstić information content (AvgIpc) is 2.99. The Morgan fingerprint density at radius 3 is 2.44 bits per heavy atom. The highest BCUT2D eigenvalue weighted by Crippen LogP contribution is 2.39. The van der Waals surface area contributed by atoms with Crippen LogP contribution >= 0.6 is 23.2 Å². The Bertz CT molecular complexity index is 1420. The molecule has 0 saturated heterocycles. The summed E-state index contributed by atoms with van der Waals surface area (Å²) in [5.41, 5.74) is 4.87. The molecule has 0 unspecified atom stereocenters. The van der Waals surface area contributed by atoms with Gasteiger partial charge in [-0.25, -0.2) is 9.78 Å². The maximum atomic E-state index is 13.1. The van der Waals surface area contributed by atoms with E-state index in [-0.39, 0.29) is 17.7 Å². The van der Waals surface area contributed by atoms with E-state index in [0.29, 0.717) is 50.5 Å². The molecule has 0 atom stereocenters. The SMILES string of the molecule is CC(C)Oc1ccc(Cl)c(-c2ccc(C(=O)NOC(=O)C3CCCCC3)nc2-c2ccc(Cl)c(OCCCN(C)C)c2)c1. The Morgan fingerprint density at radius 1 is 0.977 bits per heavy atom. The van der Waals surface area contributed by atoms with E-state index in [1.54, 1.807) is 30.3 Å². The summed E-state index contributed by atoms with van der Waals surface area (Å²) in [6.07, 6.45) is 5.40. The van der Waals surface area contributed by atoms with Gasteiger partial charge in [-0.2, -0.15) is 5.48 Å². The average molecular weight is 629 g/mol. The highest BCUT2D eigenvalue weighted by molar-refractivity contribution is 6.33. The number of carbonyl (C=O) groups excluding carboxylic acids is 2. The van der Waals surface area contributed by atoms with Crippen LogP contribution in [0.3, 0.4) is 0 Å². The van der Waals surface area contributed by atoms with Gasteiger partial charge in [0.2, 0.25) is 0 Å². The van der Waals surface area contributed by atoms with Crippen molar-refractivity contribution in [1.29, 1.82) is 0 Å². The zero-order valence-electron chi connectivity index (χ0n) is 25.1. The highest BCUT2D eigenvalue weighted by atomic mass is 35.5. The molecule has 0 bridgehead atoms. The van der Waals surface area contributed by atoms with E-state index in [1.165, 1.54) is 0 Å². The van der Waals surface area contributed by atoms with Crippen molar-refractivity contribution in [3.05, 3.63) is 64.3 Å². The van der Waals surface area contributed by atoms with Crippen molar-refractivity contribution in [3.8, 4) is 33.9 Å². The molecule has 0 aliphatic heterocycles. The summed E-state index contributed by atoms with van der Waals surface area (Å²) in [4.78, 5) is 37.6. The minimum absolute atomic E-state index is 0.0301. The summed E-state index contributed by atoms with van der Waals surface area (Å²) in [7, 11) is 4.01. The molecule has 1 fully saturated rings. The molecular weight excluding hydrogens is 589 g/mol. The van der Waals surface area contributed by atoms with Crippen LogP contribution in [0.1, 0.15) is 62.9 Å². The number of halogens is 2. The molecule has 4 rings (SSSR count). The van der Waals surface area contributed by atoms with Crippen LogP contribution < -0.4 is 15.0 Å². The van der Waals surface area contributed by atoms with Crippen molar-refractivity contribution in [3.63, 3.8) is 0 Å². The molecule has 3 aromatic rings. The summed E-state index contributed by atoms with van der Waals surface area (Å²) >= 11 is 13.2. The van der Waals surface area contributed by atoms with Gasteiger partial charge in [0.25, 0.3) is 0 Å². The third kappa shape index (κ3) is 9.08. The summed E-state index contributed by atoms with van der Waals surface area (Å²) in [5, 5.41) is 0.955. The van der Waals surface area contributed by atoms with Crippen LogP contribution in [0, 0.1) is 5.92 Å². The number of amides is 1. The largest absolute Gasteiger partial charge is 0.492 e. The highest BCUT2D eigenvalue weighted by Gasteiger charge is 2.24. The van der Waals surface area contributed by atoms with E-state index < -0.39 is 11.9 Å². The van der Waals surface area contributed by atoms with Gasteiger partial charge >= 0.3 is 11.9 Å². The molecule has 230 valence electrons. The molecule has 1 heterocycles. The van der Waals surface area contributed by atoms with Crippen LogP contribution in [-0.2, 0) is 9.63 Å². The minimum atomic E-state index is -0.630. The standard InChI is InChI=1S/C33H39Cl2N3O5/c1-21(2)42-24-12-15-27(34)26(20-24)25-13-16-29(32(39)37-43-33(40)22-9-6-5-7-10-22)36-31(25)23-11-14-28(35)30(19-23)41-18-8-17-38(3)4/h11-16,19-22H,5-10,17-18H2,1-4H3,(H,37,39). The number of pyridine rings is 1. The number of hydrogen-bond acceptors (Lipinski definition) is 7. The monoisotopic (exact) mass is 627 g/mol. The van der Waals surface area contributed by atoms with E-state index in [4.69, 9.17) is 42.5 Å². The first-order valence-corrected chi connectivity index (χ1v) is 15.4.